The summed E-state index contributed by atoms with van der Waals surface area (Å²) in [5.74, 6) is 0.664. The summed E-state index contributed by atoms with van der Waals surface area (Å²) in [5.41, 5.74) is 5.50. The van der Waals surface area contributed by atoms with Crippen LogP contribution in [0.2, 0.25) is 0 Å². The Hall–Kier alpha value is -0.150. The monoisotopic (exact) mass is 174 g/mol. The lowest BCUT2D eigenvalue weighted by Crippen LogP contribution is -2.40. The number of likely N-dealkylation sites (N-methyl/N-ethyl adjacent to an activating group) is 1. The van der Waals surface area contributed by atoms with Crippen molar-refractivity contribution in [1.82, 2.24) is 4.90 Å². The highest BCUT2D eigenvalue weighted by Crippen LogP contribution is 2.01. The summed E-state index contributed by atoms with van der Waals surface area (Å²) in [5, 5.41) is 0. The first-order valence-corrected chi connectivity index (χ1v) is 4.35. The molecular weight excluding hydrogens is 156 g/mol. The molecule has 0 aromatic heterocycles. The molecule has 0 aliphatic heterocycles. The zero-order chi connectivity index (χ0) is 9.02. The molecule has 0 aromatic carbocycles. The van der Waals surface area contributed by atoms with Crippen LogP contribution in [0.1, 0.15) is 20.8 Å². The maximum Gasteiger partial charge on any atom is 0.0899 e. The molecule has 2 nitrogen and oxygen atoms in total. The molecule has 0 aliphatic carbocycles. The van der Waals surface area contributed by atoms with E-state index in [0.717, 1.165) is 6.54 Å². The van der Waals surface area contributed by atoms with Crippen molar-refractivity contribution in [2.75, 3.05) is 13.6 Å². The van der Waals surface area contributed by atoms with Crippen LogP contribution >= 0.6 is 12.2 Å². The molecule has 0 radical (unpaired) electrons. The highest BCUT2D eigenvalue weighted by Gasteiger charge is 2.11. The molecule has 0 spiro atoms. The van der Waals surface area contributed by atoms with Gasteiger partial charge in [-0.2, -0.15) is 0 Å². The zero-order valence-electron chi connectivity index (χ0n) is 7.79. The van der Waals surface area contributed by atoms with E-state index in [1.54, 1.807) is 0 Å². The van der Waals surface area contributed by atoms with Crippen LogP contribution in [0.4, 0.5) is 0 Å². The first-order valence-electron chi connectivity index (χ1n) is 3.94. The van der Waals surface area contributed by atoms with E-state index in [1.807, 2.05) is 14.0 Å². The van der Waals surface area contributed by atoms with Gasteiger partial charge in [-0.3, -0.25) is 4.90 Å². The molecule has 1 atom stereocenters. The van der Waals surface area contributed by atoms with E-state index in [-0.39, 0.29) is 6.04 Å². The van der Waals surface area contributed by atoms with Gasteiger partial charge >= 0.3 is 0 Å². The van der Waals surface area contributed by atoms with Crippen LogP contribution in [0.25, 0.3) is 0 Å². The fourth-order valence-corrected chi connectivity index (χ4v) is 1.13. The van der Waals surface area contributed by atoms with E-state index in [1.165, 1.54) is 0 Å². The molecule has 0 heterocycles. The normalized spacial score (nSPS) is 14.0. The summed E-state index contributed by atoms with van der Waals surface area (Å²) in [7, 11) is 2.05. The van der Waals surface area contributed by atoms with E-state index in [0.29, 0.717) is 10.9 Å². The van der Waals surface area contributed by atoms with E-state index in [2.05, 4.69) is 18.7 Å². The molecule has 2 N–H and O–H groups in total. The van der Waals surface area contributed by atoms with Crippen LogP contribution in [0.15, 0.2) is 0 Å². The summed E-state index contributed by atoms with van der Waals surface area (Å²) in [6, 6.07) is 0.215. The van der Waals surface area contributed by atoms with Gasteiger partial charge in [-0.25, -0.2) is 0 Å². The molecule has 0 fully saturated rings. The van der Waals surface area contributed by atoms with Crippen molar-refractivity contribution in [3.63, 3.8) is 0 Å². The van der Waals surface area contributed by atoms with Crippen molar-refractivity contribution in [1.29, 1.82) is 0 Å². The van der Waals surface area contributed by atoms with Gasteiger partial charge in [0, 0.05) is 6.54 Å². The molecule has 0 aromatic rings. The van der Waals surface area contributed by atoms with Crippen molar-refractivity contribution in [2.24, 2.45) is 11.7 Å². The Morgan fingerprint density at radius 2 is 1.91 bits per heavy atom. The van der Waals surface area contributed by atoms with Gasteiger partial charge in [-0.05, 0) is 19.9 Å². The van der Waals surface area contributed by atoms with Crippen molar-refractivity contribution in [2.45, 2.75) is 26.8 Å². The topological polar surface area (TPSA) is 29.3 Å². The molecular formula is C8H18N2S. The third kappa shape index (κ3) is 4.32. The number of rotatable bonds is 4. The highest BCUT2D eigenvalue weighted by molar-refractivity contribution is 7.80. The fourth-order valence-electron chi connectivity index (χ4n) is 0.951. The molecule has 66 valence electrons. The number of nitrogens with two attached hydrogens (primary N) is 1. The minimum absolute atomic E-state index is 0.215. The Bertz CT molecular complexity index is 134. The molecule has 0 bridgehead atoms. The smallest absolute Gasteiger partial charge is 0.0899 e. The van der Waals surface area contributed by atoms with E-state index in [9.17, 15) is 0 Å². The molecule has 11 heavy (non-hydrogen) atoms. The maximum absolute atomic E-state index is 5.50. The van der Waals surface area contributed by atoms with E-state index in [4.69, 9.17) is 18.0 Å². The van der Waals surface area contributed by atoms with E-state index < -0.39 is 0 Å². The number of thiocarbonyl (C=S) groups is 1. The van der Waals surface area contributed by atoms with Gasteiger partial charge in [0.15, 0.2) is 0 Å². The Morgan fingerprint density at radius 1 is 1.45 bits per heavy atom. The quantitative estimate of drug-likeness (QED) is 0.650. The number of hydrogen-bond acceptors (Lipinski definition) is 2. The molecule has 0 rings (SSSR count). The van der Waals surface area contributed by atoms with Crippen LogP contribution in [0, 0.1) is 5.92 Å². The average Bonchev–Trinajstić information content (AvgIpc) is 1.84. The lowest BCUT2D eigenvalue weighted by atomic mass is 10.2. The third-order valence-corrected chi connectivity index (χ3v) is 2.07. The molecule has 0 aliphatic rings. The lowest BCUT2D eigenvalue weighted by molar-refractivity contribution is 0.276. The molecule has 3 heteroatoms. The van der Waals surface area contributed by atoms with Crippen LogP contribution in [0.3, 0.4) is 0 Å². The second kappa shape index (κ2) is 4.67. The summed E-state index contributed by atoms with van der Waals surface area (Å²) < 4.78 is 0. The first-order chi connectivity index (χ1) is 4.95. The summed E-state index contributed by atoms with van der Waals surface area (Å²) in [4.78, 5) is 2.75. The predicted octanol–water partition coefficient (Wildman–Crippen LogP) is 1.25. The van der Waals surface area contributed by atoms with Crippen molar-refractivity contribution < 1.29 is 0 Å². The van der Waals surface area contributed by atoms with Crippen LogP contribution in [0.5, 0.6) is 0 Å². The first kappa shape index (κ1) is 10.8. The maximum atomic E-state index is 5.50. The Balaban J connectivity index is 3.82. The van der Waals surface area contributed by atoms with Crippen LogP contribution in [-0.2, 0) is 0 Å². The predicted molar refractivity (Wildman–Crippen MR) is 53.7 cm³/mol. The van der Waals surface area contributed by atoms with Gasteiger partial charge in [-0.1, -0.05) is 26.1 Å². The summed E-state index contributed by atoms with van der Waals surface area (Å²) >= 11 is 4.88. The lowest BCUT2D eigenvalue weighted by Gasteiger charge is -2.25. The van der Waals surface area contributed by atoms with E-state index >= 15 is 0 Å². The van der Waals surface area contributed by atoms with Crippen LogP contribution < -0.4 is 5.73 Å². The van der Waals surface area contributed by atoms with Gasteiger partial charge in [0.1, 0.15) is 0 Å². The Labute approximate surface area is 74.8 Å². The van der Waals surface area contributed by atoms with Gasteiger partial charge in [0.05, 0.1) is 11.0 Å². The number of hydrogen-bond donors (Lipinski definition) is 1. The summed E-state index contributed by atoms with van der Waals surface area (Å²) in [6.45, 7) is 7.44. The van der Waals surface area contributed by atoms with Gasteiger partial charge in [-0.15, -0.1) is 0 Å². The molecule has 0 saturated carbocycles. The van der Waals surface area contributed by atoms with Gasteiger partial charge < -0.3 is 5.73 Å². The average molecular weight is 174 g/mol. The highest BCUT2D eigenvalue weighted by atomic mass is 32.1. The van der Waals surface area contributed by atoms with Crippen molar-refractivity contribution >= 4 is 17.2 Å². The molecule has 0 saturated heterocycles. The zero-order valence-corrected chi connectivity index (χ0v) is 8.61. The van der Waals surface area contributed by atoms with Gasteiger partial charge in [0.2, 0.25) is 0 Å². The largest absolute Gasteiger partial charge is 0.392 e. The van der Waals surface area contributed by atoms with Crippen molar-refractivity contribution in [3.05, 3.63) is 0 Å². The Kier molecular flexibility index (Phi) is 4.61. The second-order valence-corrected chi connectivity index (χ2v) is 3.88. The van der Waals surface area contributed by atoms with Crippen molar-refractivity contribution in [3.8, 4) is 0 Å². The standard InChI is InChI=1S/C8H18N2S/c1-6(2)5-10(4)7(3)8(9)11/h6-7H,5H2,1-4H3,(H2,9,11). The number of nitrogens with zero attached hydrogens (tertiary/aromatic N) is 1. The minimum atomic E-state index is 0.215. The third-order valence-electron chi connectivity index (χ3n) is 1.73. The molecule has 1 unspecified atom stereocenters. The Morgan fingerprint density at radius 3 is 2.18 bits per heavy atom. The minimum Gasteiger partial charge on any atom is -0.392 e. The second-order valence-electron chi connectivity index (χ2n) is 3.41. The van der Waals surface area contributed by atoms with Gasteiger partial charge in [0.25, 0.3) is 0 Å². The van der Waals surface area contributed by atoms with Crippen LogP contribution in [-0.4, -0.2) is 29.5 Å². The SMILES string of the molecule is CC(C)CN(C)C(C)C(N)=S. The summed E-state index contributed by atoms with van der Waals surface area (Å²) in [6.07, 6.45) is 0. The fraction of sp³-hybridized carbons (Fsp3) is 0.875. The molecule has 0 amide bonds.